The average Bonchev–Trinajstić information content (AvgIpc) is 3.13. The molecule has 0 spiro atoms. The third-order valence-electron chi connectivity index (χ3n) is 9.32. The maximum atomic E-state index is 12.3. The summed E-state index contributed by atoms with van der Waals surface area (Å²) in [6, 6.07) is 6.07. The van der Waals surface area contributed by atoms with Crippen LogP contribution in [0.4, 0.5) is 0 Å². The van der Waals surface area contributed by atoms with E-state index in [-0.39, 0.29) is 17.4 Å². The smallest absolute Gasteiger partial charge is 0.222 e. The molecule has 3 aliphatic carbocycles. The van der Waals surface area contributed by atoms with Gasteiger partial charge in [-0.15, -0.1) is 0 Å². The Morgan fingerprint density at radius 2 is 1.97 bits per heavy atom. The van der Waals surface area contributed by atoms with E-state index in [1.807, 2.05) is 35.8 Å². The Hall–Kier alpha value is -1.20. The normalized spacial score (nSPS) is 32.1. The van der Waals surface area contributed by atoms with Crippen LogP contribution in [0.25, 0.3) is 0 Å². The fraction of sp³-hybridized carbons (Fsp3) is 0.759. The molecule has 1 aromatic carbocycles. The van der Waals surface area contributed by atoms with Gasteiger partial charge in [0.1, 0.15) is 5.75 Å². The molecule has 0 radical (unpaired) electrons. The van der Waals surface area contributed by atoms with Gasteiger partial charge in [0.25, 0.3) is 0 Å². The van der Waals surface area contributed by atoms with Crippen LogP contribution in [0.1, 0.15) is 107 Å². The van der Waals surface area contributed by atoms with Crippen molar-refractivity contribution in [3.63, 3.8) is 0 Å². The van der Waals surface area contributed by atoms with Gasteiger partial charge in [-0.3, -0.25) is 4.79 Å². The van der Waals surface area contributed by atoms with E-state index < -0.39 is 0 Å². The number of phenols is 1. The number of amides is 1. The second kappa shape index (κ2) is 11.2. The Kier molecular flexibility index (Phi) is 8.56. The summed E-state index contributed by atoms with van der Waals surface area (Å²) >= 11 is 2.05. The van der Waals surface area contributed by atoms with E-state index in [4.69, 9.17) is 0 Å². The highest BCUT2D eigenvalue weighted by Crippen LogP contribution is 2.63. The van der Waals surface area contributed by atoms with Crippen molar-refractivity contribution in [3.8, 4) is 5.75 Å². The zero-order valence-corrected chi connectivity index (χ0v) is 22.3. The summed E-state index contributed by atoms with van der Waals surface area (Å²) in [5, 5.41) is 21.4. The van der Waals surface area contributed by atoms with Gasteiger partial charge in [0.2, 0.25) is 5.91 Å². The van der Waals surface area contributed by atoms with Crippen LogP contribution in [0.3, 0.4) is 0 Å². The third-order valence-corrected chi connectivity index (χ3v) is 10.7. The summed E-state index contributed by atoms with van der Waals surface area (Å²) in [6.45, 7) is 5.37. The number of carbonyl (C=O) groups is 1. The van der Waals surface area contributed by atoms with Crippen molar-refractivity contribution in [1.82, 2.24) is 4.90 Å². The molecule has 3 aliphatic rings. The van der Waals surface area contributed by atoms with Crippen molar-refractivity contribution in [3.05, 3.63) is 29.3 Å². The number of phenolic OH excluding ortho intramolecular Hbond substituents is 1. The Balaban J connectivity index is 1.33. The van der Waals surface area contributed by atoms with Gasteiger partial charge in [0.15, 0.2) is 0 Å². The monoisotopic (exact) mass is 487 g/mol. The van der Waals surface area contributed by atoms with Gasteiger partial charge >= 0.3 is 0 Å². The molecule has 0 heterocycles. The molecule has 0 aromatic heterocycles. The number of rotatable bonds is 10. The van der Waals surface area contributed by atoms with Crippen LogP contribution in [-0.4, -0.2) is 46.5 Å². The number of aliphatic hydroxyl groups is 1. The van der Waals surface area contributed by atoms with Gasteiger partial charge in [-0.1, -0.05) is 32.8 Å². The number of benzene rings is 1. The van der Waals surface area contributed by atoms with Gasteiger partial charge in [-0.05, 0) is 104 Å². The van der Waals surface area contributed by atoms with E-state index in [2.05, 4.69) is 19.9 Å². The van der Waals surface area contributed by atoms with Crippen molar-refractivity contribution < 1.29 is 15.0 Å². The fourth-order valence-corrected chi connectivity index (χ4v) is 8.57. The lowest BCUT2D eigenvalue weighted by atomic mass is 9.55. The largest absolute Gasteiger partial charge is 0.508 e. The summed E-state index contributed by atoms with van der Waals surface area (Å²) in [5.41, 5.74) is 2.89. The first kappa shape index (κ1) is 25.9. The number of aromatic hydroxyl groups is 1. The summed E-state index contributed by atoms with van der Waals surface area (Å²) in [5.74, 6) is 3.59. The molecule has 2 N–H and O–H groups in total. The molecule has 34 heavy (non-hydrogen) atoms. The Bertz CT molecular complexity index is 845. The maximum Gasteiger partial charge on any atom is 0.222 e. The number of hydrogen-bond donors (Lipinski definition) is 2. The van der Waals surface area contributed by atoms with Crippen LogP contribution in [0.15, 0.2) is 18.2 Å². The van der Waals surface area contributed by atoms with Gasteiger partial charge < -0.3 is 15.1 Å². The van der Waals surface area contributed by atoms with Crippen LogP contribution in [0, 0.1) is 17.3 Å². The highest BCUT2D eigenvalue weighted by atomic mass is 32.2. The molecule has 2 saturated carbocycles. The zero-order valence-electron chi connectivity index (χ0n) is 21.5. The quantitative estimate of drug-likeness (QED) is 0.362. The van der Waals surface area contributed by atoms with Crippen LogP contribution in [-0.2, 0) is 4.79 Å². The number of fused-ring (bicyclic) bond motifs is 5. The topological polar surface area (TPSA) is 60.8 Å². The predicted molar refractivity (Wildman–Crippen MR) is 141 cm³/mol. The van der Waals surface area contributed by atoms with Crippen LogP contribution >= 0.6 is 11.8 Å². The Labute approximate surface area is 210 Å². The first-order valence-corrected chi connectivity index (χ1v) is 14.8. The first-order valence-electron chi connectivity index (χ1n) is 13.7. The van der Waals surface area contributed by atoms with E-state index in [1.54, 1.807) is 0 Å². The molecule has 1 aromatic rings. The molecule has 0 unspecified atom stereocenters. The molecule has 0 bridgehead atoms. The predicted octanol–water partition coefficient (Wildman–Crippen LogP) is 6.66. The van der Waals surface area contributed by atoms with E-state index in [0.717, 1.165) is 70.1 Å². The Morgan fingerprint density at radius 1 is 1.15 bits per heavy atom. The van der Waals surface area contributed by atoms with Crippen molar-refractivity contribution in [2.45, 2.75) is 102 Å². The van der Waals surface area contributed by atoms with E-state index >= 15 is 0 Å². The minimum atomic E-state index is -0.144. The summed E-state index contributed by atoms with van der Waals surface area (Å²) in [7, 11) is 1.93. The SMILES string of the molecule is CCCCN(C)C(=O)CCCCCS[C@H]1C[C@@H]2[C@H](CC[C@]3(C)[C@@H](O)CC[C@@H]23)c2ccc(O)cc21. The van der Waals surface area contributed by atoms with Crippen molar-refractivity contribution in [2.75, 3.05) is 19.3 Å². The maximum absolute atomic E-state index is 12.3. The molecule has 2 fully saturated rings. The molecule has 0 aliphatic heterocycles. The van der Waals surface area contributed by atoms with Crippen LogP contribution in [0.2, 0.25) is 0 Å². The average molecular weight is 488 g/mol. The lowest BCUT2D eigenvalue weighted by molar-refractivity contribution is -0.130. The van der Waals surface area contributed by atoms with E-state index in [9.17, 15) is 15.0 Å². The van der Waals surface area contributed by atoms with Gasteiger partial charge in [-0.25, -0.2) is 0 Å². The minimum Gasteiger partial charge on any atom is -0.508 e. The molecule has 5 heteroatoms. The van der Waals surface area contributed by atoms with E-state index in [1.165, 1.54) is 17.5 Å². The third kappa shape index (κ3) is 5.31. The minimum absolute atomic E-state index is 0.0850. The number of hydrogen-bond acceptors (Lipinski definition) is 4. The van der Waals surface area contributed by atoms with Crippen molar-refractivity contribution >= 4 is 17.7 Å². The van der Waals surface area contributed by atoms with Crippen LogP contribution < -0.4 is 0 Å². The highest BCUT2D eigenvalue weighted by molar-refractivity contribution is 7.99. The number of carbonyl (C=O) groups excluding carboxylic acids is 1. The van der Waals surface area contributed by atoms with Crippen molar-refractivity contribution in [1.29, 1.82) is 0 Å². The second-order valence-corrected chi connectivity index (χ2v) is 12.7. The molecule has 190 valence electrons. The fourth-order valence-electron chi connectivity index (χ4n) is 7.18. The zero-order chi connectivity index (χ0) is 24.3. The van der Waals surface area contributed by atoms with Crippen LogP contribution in [0.5, 0.6) is 5.75 Å². The molecular weight excluding hydrogens is 442 g/mol. The summed E-state index contributed by atoms with van der Waals surface area (Å²) in [6.07, 6.45) is 11.5. The standard InChI is InChI=1S/C29H45NO3S/c1-4-5-16-30(3)28(33)9-7-6-8-17-34-26-19-23-22(21-11-10-20(31)18-24(21)26)14-15-29(2)25(23)12-13-27(29)32/h10-11,18,22-23,25-27,31-32H,4-9,12-17,19H2,1-3H3/t22-,23-,25+,26+,27+,29+/m1/s1. The summed E-state index contributed by atoms with van der Waals surface area (Å²) < 4.78 is 0. The van der Waals surface area contributed by atoms with E-state index in [0.29, 0.717) is 35.2 Å². The number of nitrogens with zero attached hydrogens (tertiary/aromatic N) is 1. The molecule has 4 nitrogen and oxygen atoms in total. The number of aliphatic hydroxyl groups excluding tert-OH is 1. The molecular formula is C29H45NO3S. The molecule has 6 atom stereocenters. The molecule has 0 saturated heterocycles. The van der Waals surface area contributed by atoms with Gasteiger partial charge in [0, 0.05) is 25.3 Å². The Morgan fingerprint density at radius 3 is 2.76 bits per heavy atom. The molecule has 4 rings (SSSR count). The molecule has 1 amide bonds. The van der Waals surface area contributed by atoms with Crippen molar-refractivity contribution in [2.24, 2.45) is 17.3 Å². The van der Waals surface area contributed by atoms with Gasteiger partial charge in [-0.2, -0.15) is 11.8 Å². The number of thioether (sulfide) groups is 1. The summed E-state index contributed by atoms with van der Waals surface area (Å²) in [4.78, 5) is 14.1. The highest BCUT2D eigenvalue weighted by Gasteiger charge is 2.55. The second-order valence-electron chi connectivity index (χ2n) is 11.4. The lowest BCUT2D eigenvalue weighted by Gasteiger charge is -2.51. The first-order chi connectivity index (χ1) is 16.3. The lowest BCUT2D eigenvalue weighted by Crippen LogP contribution is -2.44. The number of unbranched alkanes of at least 4 members (excludes halogenated alkanes) is 3. The van der Waals surface area contributed by atoms with Gasteiger partial charge in [0.05, 0.1) is 6.10 Å².